The van der Waals surface area contributed by atoms with E-state index in [2.05, 4.69) is 34.2 Å². The lowest BCUT2D eigenvalue weighted by molar-refractivity contribution is -0.0104. The Morgan fingerprint density at radius 3 is 2.75 bits per heavy atom. The van der Waals surface area contributed by atoms with Crippen LogP contribution in [0, 0.1) is 0 Å². The first-order chi connectivity index (χ1) is 11.3. The summed E-state index contributed by atoms with van der Waals surface area (Å²) in [4.78, 5) is 7.50. The van der Waals surface area contributed by atoms with Crippen molar-refractivity contribution in [2.75, 3.05) is 71.2 Å². The van der Waals surface area contributed by atoms with Crippen LogP contribution in [0.4, 0.5) is 0 Å². The summed E-state index contributed by atoms with van der Waals surface area (Å²) >= 11 is 2.06. The highest BCUT2D eigenvalue weighted by atomic mass is 127. The molecule has 2 saturated heterocycles. The molecule has 0 radical (unpaired) electrons. The third kappa shape index (κ3) is 6.86. The van der Waals surface area contributed by atoms with Crippen LogP contribution in [0.3, 0.4) is 0 Å². The van der Waals surface area contributed by atoms with Gasteiger partial charge in [-0.1, -0.05) is 0 Å². The average molecular weight is 472 g/mol. The molecule has 2 aliphatic heterocycles. The minimum absolute atomic E-state index is 0. The van der Waals surface area contributed by atoms with Gasteiger partial charge in [-0.05, 0) is 25.5 Å². The highest BCUT2D eigenvalue weighted by Gasteiger charge is 2.40. The minimum Gasteiger partial charge on any atom is -0.385 e. The molecule has 0 saturated carbocycles. The Labute approximate surface area is 167 Å². The largest absolute Gasteiger partial charge is 0.385 e. The van der Waals surface area contributed by atoms with Gasteiger partial charge in [0.15, 0.2) is 5.96 Å². The van der Waals surface area contributed by atoms with Crippen LogP contribution in [-0.4, -0.2) is 87.6 Å². The number of guanidine groups is 1. The van der Waals surface area contributed by atoms with Gasteiger partial charge in [-0.25, -0.2) is 0 Å². The maximum Gasteiger partial charge on any atom is 0.191 e. The Balaban J connectivity index is 0.00000288. The summed E-state index contributed by atoms with van der Waals surface area (Å²) in [7, 11) is 1.74. The molecule has 0 amide bonds. The smallest absolute Gasteiger partial charge is 0.191 e. The number of nitrogens with zero attached hydrogens (tertiary/aromatic N) is 2. The fraction of sp³-hybridized carbons (Fsp3) is 0.938. The van der Waals surface area contributed by atoms with Crippen molar-refractivity contribution >= 4 is 41.7 Å². The third-order valence-electron chi connectivity index (χ3n) is 4.46. The molecule has 2 rings (SSSR count). The normalized spacial score (nSPS) is 25.3. The van der Waals surface area contributed by atoms with Crippen LogP contribution in [0.1, 0.15) is 19.8 Å². The van der Waals surface area contributed by atoms with Gasteiger partial charge in [-0.3, -0.25) is 9.89 Å². The van der Waals surface area contributed by atoms with Crippen molar-refractivity contribution in [3.8, 4) is 0 Å². The Morgan fingerprint density at radius 1 is 1.33 bits per heavy atom. The molecule has 142 valence electrons. The number of rotatable bonds is 8. The predicted octanol–water partition coefficient (Wildman–Crippen LogP) is 1.40. The Bertz CT molecular complexity index is 362. The Morgan fingerprint density at radius 2 is 2.12 bits per heavy atom. The number of ether oxygens (including phenoxy) is 2. The fourth-order valence-electron chi connectivity index (χ4n) is 3.10. The number of nitrogens with one attached hydrogen (secondary N) is 2. The number of methoxy groups -OCH3 is 1. The molecule has 2 heterocycles. The third-order valence-corrected chi connectivity index (χ3v) is 5.69. The fourth-order valence-corrected chi connectivity index (χ4v) is 4.57. The van der Waals surface area contributed by atoms with E-state index in [1.54, 1.807) is 7.11 Å². The van der Waals surface area contributed by atoms with E-state index in [-0.39, 0.29) is 29.5 Å². The first-order valence-electron chi connectivity index (χ1n) is 8.72. The first-order valence-corrected chi connectivity index (χ1v) is 9.88. The van der Waals surface area contributed by atoms with Crippen LogP contribution in [-0.2, 0) is 9.47 Å². The van der Waals surface area contributed by atoms with E-state index in [9.17, 15) is 0 Å². The molecule has 1 unspecified atom stereocenters. The van der Waals surface area contributed by atoms with Crippen molar-refractivity contribution in [2.24, 2.45) is 4.99 Å². The van der Waals surface area contributed by atoms with E-state index >= 15 is 0 Å². The highest BCUT2D eigenvalue weighted by Crippen LogP contribution is 2.34. The molecule has 0 aromatic rings. The van der Waals surface area contributed by atoms with Gasteiger partial charge < -0.3 is 20.1 Å². The monoisotopic (exact) mass is 472 g/mol. The van der Waals surface area contributed by atoms with Crippen LogP contribution in [0.25, 0.3) is 0 Å². The van der Waals surface area contributed by atoms with Crippen molar-refractivity contribution in [3.63, 3.8) is 0 Å². The summed E-state index contributed by atoms with van der Waals surface area (Å²) in [6.07, 6.45) is 2.22. The summed E-state index contributed by atoms with van der Waals surface area (Å²) in [6, 6.07) is 0. The number of thioether (sulfide) groups is 1. The van der Waals surface area contributed by atoms with Crippen LogP contribution in [0.15, 0.2) is 4.99 Å². The zero-order valence-electron chi connectivity index (χ0n) is 15.0. The Hall–Kier alpha value is 0.230. The van der Waals surface area contributed by atoms with Crippen molar-refractivity contribution < 1.29 is 9.47 Å². The zero-order chi connectivity index (χ0) is 16.4. The van der Waals surface area contributed by atoms with Gasteiger partial charge in [-0.15, -0.1) is 24.0 Å². The van der Waals surface area contributed by atoms with E-state index in [1.807, 2.05) is 0 Å². The van der Waals surface area contributed by atoms with Gasteiger partial charge in [0, 0.05) is 45.6 Å². The molecule has 24 heavy (non-hydrogen) atoms. The maximum atomic E-state index is 5.52. The van der Waals surface area contributed by atoms with Crippen molar-refractivity contribution in [3.05, 3.63) is 0 Å². The lowest BCUT2D eigenvalue weighted by Gasteiger charge is -2.42. The van der Waals surface area contributed by atoms with E-state index in [0.717, 1.165) is 64.9 Å². The number of halogens is 1. The Kier molecular flexibility index (Phi) is 11.7. The number of hydrogen-bond acceptors (Lipinski definition) is 5. The number of hydrogen-bond donors (Lipinski definition) is 2. The summed E-state index contributed by atoms with van der Waals surface area (Å²) in [6.45, 7) is 9.29. The van der Waals surface area contributed by atoms with E-state index in [1.165, 1.54) is 17.9 Å². The molecule has 0 aliphatic carbocycles. The zero-order valence-corrected chi connectivity index (χ0v) is 18.2. The molecule has 2 N–H and O–H groups in total. The summed E-state index contributed by atoms with van der Waals surface area (Å²) in [5.74, 6) is 3.35. The highest BCUT2D eigenvalue weighted by molar-refractivity contribution is 14.0. The van der Waals surface area contributed by atoms with E-state index < -0.39 is 0 Å². The van der Waals surface area contributed by atoms with Crippen LogP contribution >= 0.6 is 35.7 Å². The number of morpholine rings is 1. The van der Waals surface area contributed by atoms with Crippen LogP contribution < -0.4 is 10.6 Å². The molecule has 1 atom stereocenters. The lowest BCUT2D eigenvalue weighted by atomic mass is 9.96. The van der Waals surface area contributed by atoms with E-state index in [4.69, 9.17) is 14.5 Å². The summed E-state index contributed by atoms with van der Waals surface area (Å²) < 4.78 is 10.6. The molecule has 0 aromatic heterocycles. The molecule has 0 spiro atoms. The molecule has 2 aliphatic rings. The summed E-state index contributed by atoms with van der Waals surface area (Å²) in [5, 5.41) is 6.76. The van der Waals surface area contributed by atoms with Gasteiger partial charge in [0.05, 0.1) is 25.3 Å². The molecule has 8 heteroatoms. The van der Waals surface area contributed by atoms with Crippen LogP contribution in [0.2, 0.25) is 0 Å². The predicted molar refractivity (Wildman–Crippen MR) is 113 cm³/mol. The van der Waals surface area contributed by atoms with Gasteiger partial charge in [-0.2, -0.15) is 11.8 Å². The first kappa shape index (κ1) is 22.3. The average Bonchev–Trinajstić information content (AvgIpc) is 3.07. The van der Waals surface area contributed by atoms with Gasteiger partial charge in [0.2, 0.25) is 0 Å². The molecule has 0 bridgehead atoms. The molecule has 0 aromatic carbocycles. The van der Waals surface area contributed by atoms with Crippen molar-refractivity contribution in [2.45, 2.75) is 25.3 Å². The maximum absolute atomic E-state index is 5.52. The second-order valence-corrected chi connectivity index (χ2v) is 7.20. The van der Waals surface area contributed by atoms with Crippen molar-refractivity contribution in [1.82, 2.24) is 15.5 Å². The van der Waals surface area contributed by atoms with Gasteiger partial charge in [0.25, 0.3) is 0 Å². The lowest BCUT2D eigenvalue weighted by Crippen LogP contribution is -2.56. The van der Waals surface area contributed by atoms with Crippen LogP contribution in [0.5, 0.6) is 0 Å². The van der Waals surface area contributed by atoms with Gasteiger partial charge >= 0.3 is 0 Å². The SMILES string of the molecule is CCNC(=NCC1(N2CCOCC2)CCSC1)NCCCOC.I. The minimum atomic E-state index is 0. The quantitative estimate of drug-likeness (QED) is 0.241. The van der Waals surface area contributed by atoms with Gasteiger partial charge in [0.1, 0.15) is 0 Å². The molecule has 2 fully saturated rings. The number of aliphatic imine (C=N–C) groups is 1. The second-order valence-electron chi connectivity index (χ2n) is 6.09. The molecular formula is C16H33IN4O2S. The standard InChI is InChI=1S/C16H32N4O2S.HI/c1-3-17-15(18-6-4-9-21-2)19-13-16(5-12-23-14-16)20-7-10-22-11-8-20;/h3-14H2,1-2H3,(H2,17,18,19);1H. The van der Waals surface area contributed by atoms with E-state index in [0.29, 0.717) is 0 Å². The second kappa shape index (κ2) is 12.6. The van der Waals surface area contributed by atoms with Crippen molar-refractivity contribution in [1.29, 1.82) is 0 Å². The molecular weight excluding hydrogens is 439 g/mol. The molecule has 6 nitrogen and oxygen atoms in total. The topological polar surface area (TPSA) is 58.1 Å². The summed E-state index contributed by atoms with van der Waals surface area (Å²) in [5.41, 5.74) is 0.212.